The van der Waals surface area contributed by atoms with Crippen molar-refractivity contribution in [2.75, 3.05) is 104 Å². The number of phosphoric acid groups is 3. The van der Waals surface area contributed by atoms with Crippen LogP contribution in [0.4, 0.5) is 4.79 Å². The third-order valence-electron chi connectivity index (χ3n) is 14.5. The van der Waals surface area contributed by atoms with Gasteiger partial charge in [-0.2, -0.15) is 11.8 Å². The number of aromatic amines is 1. The van der Waals surface area contributed by atoms with Crippen LogP contribution < -0.4 is 71.7 Å². The standard InChI is InChI=1S/C28H45N6O17P3S.4C6H15N/c35-19-13-24(49-20(19)15-48-53(44,45)51-54(46,47)50-52(41,42)43)34-14-17(26(38)33-28(34)40)7-6-12-30-22(36)9-2-1-5-11-29-23(37)10-4-3-8-21-25-18(16-55-21)31-27(39)32-25;4*1-4-7(5-2)6-3/h6-7,14,18-21,24-25,35H,1-5,8-13,15-16H2,(H,29,37)(H,30,36)(H,44,45)(H,46,47)(H2,31,32,39)(H,33,38,40)(H2,41,42,43);4*4-6H2,1-3H3/b7-6+;;;;/t18-,19-,20+,21-,24+,25-;;;;/m0..../s1. The van der Waals surface area contributed by atoms with Gasteiger partial charge in [-0.05, 0) is 109 Å². The molecule has 31 heteroatoms. The number of unbranched alkanes of at least 4 members (excludes halogenated alkanes) is 3. The van der Waals surface area contributed by atoms with E-state index >= 15 is 0 Å². The zero-order valence-electron chi connectivity index (χ0n) is 51.6. The molecule has 0 saturated carbocycles. The molecule has 4 amide bonds. The van der Waals surface area contributed by atoms with Crippen LogP contribution in [0.5, 0.6) is 0 Å². The highest BCUT2D eigenvalue weighted by Crippen LogP contribution is 2.60. The predicted octanol–water partition coefficient (Wildman–Crippen LogP) is -2.74. The monoisotopic (exact) mass is 1270 g/mol. The molecule has 1 aromatic rings. The Morgan fingerprint density at radius 2 is 1.20 bits per heavy atom. The van der Waals surface area contributed by atoms with Crippen molar-refractivity contribution in [1.29, 1.82) is 0 Å². The van der Waals surface area contributed by atoms with Crippen molar-refractivity contribution in [2.24, 2.45) is 0 Å². The minimum atomic E-state index is -6.20. The molecule has 0 aromatic carbocycles. The van der Waals surface area contributed by atoms with Crippen molar-refractivity contribution in [3.63, 3.8) is 0 Å². The molecule has 0 spiro atoms. The molecule has 3 aliphatic heterocycles. The summed E-state index contributed by atoms with van der Waals surface area (Å²) in [5.41, 5.74) is -1.79. The Morgan fingerprint density at radius 3 is 1.69 bits per heavy atom. The fourth-order valence-electron chi connectivity index (χ4n) is 8.94. The van der Waals surface area contributed by atoms with Crippen molar-refractivity contribution >= 4 is 59.2 Å². The number of aromatic nitrogens is 2. The van der Waals surface area contributed by atoms with Gasteiger partial charge >= 0.3 is 11.7 Å². The van der Waals surface area contributed by atoms with Crippen LogP contribution in [0.15, 0.2) is 21.9 Å². The van der Waals surface area contributed by atoms with E-state index < -0.39 is 59.8 Å². The first kappa shape index (κ1) is 80.2. The van der Waals surface area contributed by atoms with Crippen LogP contribution in [0.2, 0.25) is 0 Å². The Labute approximate surface area is 497 Å². The Morgan fingerprint density at radius 1 is 0.711 bits per heavy atom. The maximum Gasteiger partial charge on any atom is 0.330 e. The molecule has 486 valence electrons. The normalized spacial score (nSPS) is 20.6. The summed E-state index contributed by atoms with van der Waals surface area (Å²) in [5.74, 6) is 0.629. The Kier molecular flexibility index (Phi) is 43.0. The number of carbonyl (C=O) groups is 3. The second-order valence-corrected chi connectivity index (χ2v) is 25.5. The van der Waals surface area contributed by atoms with E-state index in [4.69, 9.17) is 4.74 Å². The van der Waals surface area contributed by atoms with Crippen LogP contribution in [-0.4, -0.2) is 166 Å². The molecular formula is C52H105N10O17P3S. The maximum atomic E-state index is 12.5. The number of nitrogens with zero attached hydrogens (tertiary/aromatic N) is 1. The molecule has 83 heavy (non-hydrogen) atoms. The van der Waals surface area contributed by atoms with Gasteiger partial charge in [-0.3, -0.25) is 37.4 Å². The Bertz CT molecular complexity index is 2180. The molecule has 8 atom stereocenters. The van der Waals surface area contributed by atoms with Crippen molar-refractivity contribution in [3.8, 4) is 0 Å². The first-order chi connectivity index (χ1) is 39.2. The van der Waals surface area contributed by atoms with Gasteiger partial charge in [-0.1, -0.05) is 25.0 Å². The number of nitrogens with one attached hydrogen (secondary N) is 9. The van der Waals surface area contributed by atoms with E-state index in [2.05, 4.69) is 122 Å². The SMILES string of the molecule is CC[NH+](CC)CC.CC[NH+](CC)CC.CC[NH+](CC)CC.CC[NH+](CC)CC.O=C(CCCCCNC(=O)CCCC[C@@H]1SC[C@@H]2NC(=O)N[C@@H]21)NC/C=C/c1cn([C@H]2C[C@H](O)[C@@H](COP(=O)([O-])OP(=O)([O-])OP(=O)([O-])[O-])O2)c(=O)[nH]c1=O. The van der Waals surface area contributed by atoms with E-state index in [1.54, 1.807) is 19.6 Å². The van der Waals surface area contributed by atoms with Gasteiger partial charge in [0.2, 0.25) is 11.8 Å². The molecular weight excluding hydrogens is 1160 g/mol. The summed E-state index contributed by atoms with van der Waals surface area (Å²) < 4.78 is 50.7. The van der Waals surface area contributed by atoms with Crippen LogP contribution in [0.1, 0.15) is 153 Å². The number of aliphatic hydroxyl groups is 1. The van der Waals surface area contributed by atoms with Crippen molar-refractivity contribution in [2.45, 2.75) is 177 Å². The van der Waals surface area contributed by atoms with Crippen LogP contribution in [0.3, 0.4) is 0 Å². The summed E-state index contributed by atoms with van der Waals surface area (Å²) in [6.45, 7) is 41.4. The highest BCUT2D eigenvalue weighted by molar-refractivity contribution is 8.00. The zero-order chi connectivity index (χ0) is 63.2. The predicted molar refractivity (Wildman–Crippen MR) is 315 cm³/mol. The number of quaternary nitrogens is 4. The van der Waals surface area contributed by atoms with Crippen molar-refractivity contribution in [3.05, 3.63) is 38.7 Å². The van der Waals surface area contributed by atoms with E-state index in [1.807, 2.05) is 11.8 Å². The minimum absolute atomic E-state index is 0.0236. The number of amides is 4. The van der Waals surface area contributed by atoms with Gasteiger partial charge in [0.15, 0.2) is 0 Å². The van der Waals surface area contributed by atoms with Gasteiger partial charge in [0, 0.05) is 49.6 Å². The maximum absolute atomic E-state index is 12.5. The quantitative estimate of drug-likeness (QED) is 0.0190. The fourth-order valence-corrected chi connectivity index (χ4v) is 13.4. The number of rotatable bonds is 34. The van der Waals surface area contributed by atoms with E-state index in [-0.39, 0.29) is 54.9 Å². The number of hydrogen-bond donors (Lipinski definition) is 10. The molecule has 10 N–H and O–H groups in total. The van der Waals surface area contributed by atoms with Crippen LogP contribution >= 0.6 is 35.2 Å². The number of phosphoric ester groups is 1. The van der Waals surface area contributed by atoms with Crippen LogP contribution in [-0.2, 0) is 41.2 Å². The summed E-state index contributed by atoms with van der Waals surface area (Å²) in [6, 6.07) is 0.223. The van der Waals surface area contributed by atoms with Crippen molar-refractivity contribution < 1.29 is 90.2 Å². The number of carbonyl (C=O) groups excluding carboxylic acids is 3. The molecule has 4 rings (SSSR count). The number of H-pyrrole nitrogens is 1. The number of urea groups is 1. The fraction of sp³-hybridized carbons (Fsp3) is 0.827. The van der Waals surface area contributed by atoms with Crippen molar-refractivity contribution in [1.82, 2.24) is 30.8 Å². The smallest absolute Gasteiger partial charge is 0.330 e. The Balaban J connectivity index is 0.00000196. The van der Waals surface area contributed by atoms with Gasteiger partial charge in [-0.25, -0.2) is 13.9 Å². The number of ether oxygens (including phenoxy) is 1. The minimum Gasteiger partial charge on any atom is -0.790 e. The third kappa shape index (κ3) is 35.5. The molecule has 4 heterocycles. The van der Waals surface area contributed by atoms with Crippen LogP contribution in [0, 0.1) is 0 Å². The number of fused-ring (bicyclic) bond motifs is 1. The molecule has 0 radical (unpaired) electrons. The average Bonchev–Trinajstić information content (AvgIpc) is 4.37. The summed E-state index contributed by atoms with van der Waals surface area (Å²) in [6.07, 6.45) is 4.55. The highest BCUT2D eigenvalue weighted by atomic mass is 32.2. The second-order valence-electron chi connectivity index (χ2n) is 20.0. The number of thioether (sulfide) groups is 1. The number of aliphatic hydroxyl groups excluding tert-OH is 1. The summed E-state index contributed by atoms with van der Waals surface area (Å²) >= 11 is 1.84. The topological polar surface area (TPSA) is 373 Å². The molecule has 3 aliphatic rings. The van der Waals surface area contributed by atoms with Gasteiger partial charge in [-0.15, -0.1) is 0 Å². The van der Waals surface area contributed by atoms with Gasteiger partial charge < -0.3 is 79.4 Å². The first-order valence-electron chi connectivity index (χ1n) is 29.8. The lowest BCUT2D eigenvalue weighted by atomic mass is 10.0. The lowest BCUT2D eigenvalue weighted by Crippen LogP contribution is -3.11. The van der Waals surface area contributed by atoms with E-state index in [1.165, 1.54) is 90.7 Å². The van der Waals surface area contributed by atoms with Gasteiger partial charge in [0.1, 0.15) is 12.3 Å². The molecule has 1 aromatic heterocycles. The summed E-state index contributed by atoms with van der Waals surface area (Å²) in [7, 11) is -18.2. The molecule has 0 aliphatic carbocycles. The summed E-state index contributed by atoms with van der Waals surface area (Å²) in [4.78, 5) is 113. The summed E-state index contributed by atoms with van der Waals surface area (Å²) in [5, 5.41) is 22.1. The second kappa shape index (κ2) is 44.6. The molecule has 27 nitrogen and oxygen atoms in total. The lowest BCUT2D eigenvalue weighted by Gasteiger charge is -2.37. The average molecular weight is 1270 g/mol. The lowest BCUT2D eigenvalue weighted by molar-refractivity contribution is -0.894. The van der Waals surface area contributed by atoms with Crippen LogP contribution in [0.25, 0.3) is 6.08 Å². The zero-order valence-corrected chi connectivity index (χ0v) is 55.0. The Hall–Kier alpha value is -2.85. The third-order valence-corrected chi connectivity index (χ3v) is 19.7. The largest absolute Gasteiger partial charge is 0.790 e. The van der Waals surface area contributed by atoms with E-state index in [0.717, 1.165) is 35.8 Å². The molecule has 3 fully saturated rings. The van der Waals surface area contributed by atoms with Gasteiger partial charge in [0.05, 0.1) is 117 Å². The molecule has 0 bridgehead atoms. The number of hydrogen-bond acceptors (Lipinski definition) is 18. The molecule has 2 unspecified atom stereocenters. The van der Waals surface area contributed by atoms with E-state index in [0.29, 0.717) is 37.5 Å². The first-order valence-corrected chi connectivity index (χ1v) is 35.3. The molecule has 3 saturated heterocycles. The van der Waals surface area contributed by atoms with E-state index in [9.17, 15) is 62.3 Å². The van der Waals surface area contributed by atoms with Gasteiger partial charge in [0.25, 0.3) is 21.2 Å². The highest BCUT2D eigenvalue weighted by Gasteiger charge is 2.42.